The second-order valence-electron chi connectivity index (χ2n) is 17.6. The number of hydrogen-bond donors (Lipinski definition) is 2. The maximum atomic E-state index is 14.4. The quantitative estimate of drug-likeness (QED) is 0.128. The lowest BCUT2D eigenvalue weighted by molar-refractivity contribution is -0.148. The van der Waals surface area contributed by atoms with Crippen LogP contribution in [0.4, 0.5) is 4.79 Å². The summed E-state index contributed by atoms with van der Waals surface area (Å²) in [6.07, 6.45) is 2.89. The molecular formula is C45H71N5O8S. The van der Waals surface area contributed by atoms with Gasteiger partial charge in [-0.15, -0.1) is 11.3 Å². The van der Waals surface area contributed by atoms with Gasteiger partial charge in [-0.2, -0.15) is 0 Å². The highest BCUT2D eigenvalue weighted by molar-refractivity contribution is 7.09. The van der Waals surface area contributed by atoms with E-state index >= 15 is 0 Å². The number of nitrogens with one attached hydrogen (secondary N) is 2. The van der Waals surface area contributed by atoms with E-state index in [1.54, 1.807) is 85.4 Å². The average Bonchev–Trinajstić information content (AvgIpc) is 3.92. The van der Waals surface area contributed by atoms with E-state index in [9.17, 15) is 24.0 Å². The Hall–Kier alpha value is -3.72. The van der Waals surface area contributed by atoms with Crippen molar-refractivity contribution in [2.45, 2.75) is 142 Å². The zero-order valence-electron chi connectivity index (χ0n) is 37.5. The summed E-state index contributed by atoms with van der Waals surface area (Å²) >= 11 is 1.55. The van der Waals surface area contributed by atoms with Crippen molar-refractivity contribution in [1.82, 2.24) is 25.4 Å². The molecule has 14 heteroatoms. The van der Waals surface area contributed by atoms with Crippen LogP contribution in [0.15, 0.2) is 41.9 Å². The fourth-order valence-corrected chi connectivity index (χ4v) is 8.77. The van der Waals surface area contributed by atoms with Gasteiger partial charge in [-0.05, 0) is 72.4 Å². The first-order valence-electron chi connectivity index (χ1n) is 21.0. The molecule has 13 nitrogen and oxygen atoms in total. The standard InChI is InChI=1S/C45H71N5O8S/c1-13-29(2)39(49(10)42(54)33(26-37(52)45(7,8)46-9)28-48-43(55)58-44(4,5)6)36(56-11)27-38(53)50-22-17-20-34(50)40(57-12)30(3)35(51)25-32(41-47-21-23-59-41)24-31-18-15-14-16-19-31/h14-16,18-19,21,23,29-30,32-34,36,39-40,46H,13,17,20,22,24-28H2,1-12H3,(H,48,55)/t29-,30-,32+,33-,34-,36+,39-,40+/m0/s1. The van der Waals surface area contributed by atoms with Gasteiger partial charge < -0.3 is 34.6 Å². The Kier molecular flexibility index (Phi) is 19.2. The monoisotopic (exact) mass is 842 g/mol. The van der Waals surface area contributed by atoms with Crippen molar-refractivity contribution < 1.29 is 38.2 Å². The van der Waals surface area contributed by atoms with Gasteiger partial charge in [0.15, 0.2) is 5.78 Å². The van der Waals surface area contributed by atoms with Crippen molar-refractivity contribution in [3.63, 3.8) is 0 Å². The molecule has 3 amide bonds. The van der Waals surface area contributed by atoms with Crippen LogP contribution in [0.2, 0.25) is 0 Å². The number of carbonyl (C=O) groups is 5. The maximum Gasteiger partial charge on any atom is 0.407 e. The van der Waals surface area contributed by atoms with Gasteiger partial charge in [-0.3, -0.25) is 19.2 Å². The summed E-state index contributed by atoms with van der Waals surface area (Å²) in [6, 6.07) is 9.25. The Balaban J connectivity index is 1.82. The van der Waals surface area contributed by atoms with E-state index in [2.05, 4.69) is 27.8 Å². The molecule has 8 atom stereocenters. The Morgan fingerprint density at radius 1 is 1.00 bits per heavy atom. The molecule has 1 fully saturated rings. The first-order chi connectivity index (χ1) is 27.8. The number of thiazole rings is 1. The van der Waals surface area contributed by atoms with Crippen LogP contribution >= 0.6 is 11.3 Å². The van der Waals surface area contributed by atoms with Gasteiger partial charge in [0, 0.05) is 70.6 Å². The molecule has 1 saturated heterocycles. The third-order valence-electron chi connectivity index (χ3n) is 11.9. The van der Waals surface area contributed by atoms with E-state index in [1.807, 2.05) is 49.3 Å². The molecule has 1 aromatic heterocycles. The zero-order chi connectivity index (χ0) is 44.1. The van der Waals surface area contributed by atoms with Crippen LogP contribution in [-0.2, 0) is 39.8 Å². The Morgan fingerprint density at radius 2 is 1.68 bits per heavy atom. The smallest absolute Gasteiger partial charge is 0.407 e. The molecule has 2 N–H and O–H groups in total. The van der Waals surface area contributed by atoms with Crippen molar-refractivity contribution in [2.75, 3.05) is 41.4 Å². The summed E-state index contributed by atoms with van der Waals surface area (Å²) in [4.78, 5) is 77.0. The number of nitrogens with zero attached hydrogens (tertiary/aromatic N) is 3. The Morgan fingerprint density at radius 3 is 2.24 bits per heavy atom. The number of methoxy groups -OCH3 is 2. The molecule has 0 bridgehead atoms. The molecule has 1 aliphatic heterocycles. The first-order valence-corrected chi connectivity index (χ1v) is 21.9. The fraction of sp³-hybridized carbons (Fsp3) is 0.689. The summed E-state index contributed by atoms with van der Waals surface area (Å²) < 4.78 is 17.5. The maximum absolute atomic E-state index is 14.4. The minimum absolute atomic E-state index is 0.00583. The van der Waals surface area contributed by atoms with Gasteiger partial charge in [0.1, 0.15) is 11.4 Å². The summed E-state index contributed by atoms with van der Waals surface area (Å²) in [5.74, 6) is -2.17. The van der Waals surface area contributed by atoms with Gasteiger partial charge >= 0.3 is 6.09 Å². The third kappa shape index (κ3) is 14.2. The second-order valence-corrected chi connectivity index (χ2v) is 18.5. The summed E-state index contributed by atoms with van der Waals surface area (Å²) in [7, 11) is 6.50. The summed E-state index contributed by atoms with van der Waals surface area (Å²) in [5.41, 5.74) is -0.512. The lowest BCUT2D eigenvalue weighted by Crippen LogP contribution is -2.55. The van der Waals surface area contributed by atoms with Crippen molar-refractivity contribution in [3.05, 3.63) is 52.5 Å². The molecule has 2 heterocycles. The second kappa shape index (κ2) is 22.8. The van der Waals surface area contributed by atoms with E-state index in [0.717, 1.165) is 17.0 Å². The summed E-state index contributed by atoms with van der Waals surface area (Å²) in [6.45, 7) is 15.1. The van der Waals surface area contributed by atoms with Gasteiger partial charge in [0.25, 0.3) is 0 Å². The number of ketones is 2. The minimum atomic E-state index is -0.903. The van der Waals surface area contributed by atoms with Gasteiger partial charge in [0.2, 0.25) is 11.8 Å². The number of benzene rings is 1. The third-order valence-corrected chi connectivity index (χ3v) is 12.9. The van der Waals surface area contributed by atoms with Gasteiger partial charge in [0.05, 0.1) is 47.2 Å². The van der Waals surface area contributed by atoms with Crippen LogP contribution in [0.3, 0.4) is 0 Å². The molecule has 2 aromatic rings. The fourth-order valence-electron chi connectivity index (χ4n) is 8.02. The molecule has 0 saturated carbocycles. The number of ether oxygens (including phenoxy) is 3. The van der Waals surface area contributed by atoms with E-state index in [-0.39, 0.29) is 60.6 Å². The SMILES string of the molecule is CC[C@H](C)[C@@H]([C@@H](CC(=O)N1CCC[C@H]1[C@H](OC)[C@@H](C)C(=O)C[C@@H](Cc1ccccc1)c1nccs1)OC)N(C)C(=O)[C@H](CNC(=O)OC(C)(C)C)CC(=O)C(C)(C)NC. The molecule has 3 rings (SSSR count). The molecule has 0 aliphatic carbocycles. The van der Waals surface area contributed by atoms with Crippen LogP contribution in [0.25, 0.3) is 0 Å². The lowest BCUT2D eigenvalue weighted by Gasteiger charge is -2.40. The molecule has 1 aliphatic rings. The number of hydrogen-bond acceptors (Lipinski definition) is 11. The van der Waals surface area contributed by atoms with Gasteiger partial charge in [-0.1, -0.05) is 57.5 Å². The van der Waals surface area contributed by atoms with E-state index < -0.39 is 47.3 Å². The highest BCUT2D eigenvalue weighted by Crippen LogP contribution is 2.33. The highest BCUT2D eigenvalue weighted by Gasteiger charge is 2.43. The van der Waals surface area contributed by atoms with Crippen LogP contribution in [-0.4, -0.2) is 121 Å². The molecule has 0 spiro atoms. The molecule has 59 heavy (non-hydrogen) atoms. The van der Waals surface area contributed by atoms with Crippen LogP contribution < -0.4 is 10.6 Å². The van der Waals surface area contributed by atoms with E-state index in [0.29, 0.717) is 32.2 Å². The zero-order valence-corrected chi connectivity index (χ0v) is 38.4. The lowest BCUT2D eigenvalue weighted by atomic mass is 9.85. The van der Waals surface area contributed by atoms with Crippen molar-refractivity contribution in [3.8, 4) is 0 Å². The average molecular weight is 842 g/mol. The van der Waals surface area contributed by atoms with Gasteiger partial charge in [-0.25, -0.2) is 9.78 Å². The van der Waals surface area contributed by atoms with Crippen LogP contribution in [0.1, 0.15) is 110 Å². The first kappa shape index (κ1) is 49.6. The van der Waals surface area contributed by atoms with Crippen molar-refractivity contribution in [2.24, 2.45) is 17.8 Å². The van der Waals surface area contributed by atoms with Crippen molar-refractivity contribution >= 4 is 40.8 Å². The van der Waals surface area contributed by atoms with Crippen LogP contribution in [0.5, 0.6) is 0 Å². The predicted octanol–water partition coefficient (Wildman–Crippen LogP) is 6.45. The Bertz CT molecular complexity index is 1650. The summed E-state index contributed by atoms with van der Waals surface area (Å²) in [5, 5.41) is 8.56. The number of rotatable bonds is 23. The normalized spacial score (nSPS) is 18.2. The topological polar surface area (TPSA) is 156 Å². The number of amides is 3. The Labute approximate surface area is 356 Å². The van der Waals surface area contributed by atoms with Crippen molar-refractivity contribution in [1.29, 1.82) is 0 Å². The number of alkyl carbamates (subject to hydrolysis) is 1. The predicted molar refractivity (Wildman–Crippen MR) is 231 cm³/mol. The molecule has 0 radical (unpaired) electrons. The molecule has 1 aromatic carbocycles. The van der Waals surface area contributed by atoms with Crippen LogP contribution in [0, 0.1) is 17.8 Å². The number of carbonyl (C=O) groups excluding carboxylic acids is 5. The molecule has 330 valence electrons. The highest BCUT2D eigenvalue weighted by atomic mass is 32.1. The number of aromatic nitrogens is 1. The van der Waals surface area contributed by atoms with E-state index in [1.165, 1.54) is 0 Å². The number of likely N-dealkylation sites (N-methyl/N-ethyl adjacent to an activating group) is 2. The molecule has 0 unspecified atom stereocenters. The van der Waals surface area contributed by atoms with E-state index in [4.69, 9.17) is 14.2 Å². The minimum Gasteiger partial charge on any atom is -0.444 e. The number of likely N-dealkylation sites (tertiary alicyclic amines) is 1. The molecular weight excluding hydrogens is 771 g/mol. The largest absolute Gasteiger partial charge is 0.444 e. The number of Topliss-reactive ketones (excluding diaryl/α,β-unsaturated/α-hetero) is 2.